The maximum absolute atomic E-state index is 8.43. The topological polar surface area (TPSA) is 39.4 Å². The van der Waals surface area contributed by atoms with Crippen molar-refractivity contribution in [3.63, 3.8) is 0 Å². The van der Waals surface area contributed by atoms with Crippen LogP contribution in [-0.4, -0.2) is 17.8 Å². The monoisotopic (exact) mass is 151 g/mol. The molecule has 3 heteroatoms. The summed E-state index contributed by atoms with van der Waals surface area (Å²) in [5, 5.41) is 13.9. The maximum atomic E-state index is 8.43. The van der Waals surface area contributed by atoms with Crippen molar-refractivity contribution >= 4 is 5.71 Å². The van der Waals surface area contributed by atoms with Crippen LogP contribution in [0.25, 0.3) is 0 Å². The number of rotatable bonds is 1. The molecule has 1 aliphatic rings. The van der Waals surface area contributed by atoms with Gasteiger partial charge in [-0.15, -0.1) is 0 Å². The van der Waals surface area contributed by atoms with Crippen molar-refractivity contribution in [2.75, 3.05) is 7.05 Å². The van der Waals surface area contributed by atoms with E-state index in [0.29, 0.717) is 0 Å². The second-order valence-electron chi connectivity index (χ2n) is 2.85. The Hall–Kier alpha value is -1.04. The highest BCUT2D eigenvalue weighted by Gasteiger charge is 2.06. The predicted octanol–water partition coefficient (Wildman–Crippen LogP) is 1.72. The third-order valence-electron chi connectivity index (χ3n) is 1.87. The van der Waals surface area contributed by atoms with Crippen LogP contribution in [0.4, 0.5) is 0 Å². The van der Waals surface area contributed by atoms with E-state index < -0.39 is 0 Å². The first-order valence-corrected chi connectivity index (χ1v) is 4.03. The minimum absolute atomic E-state index is 1.08. The minimum atomic E-state index is 1.08. The molecule has 0 unspecified atom stereocenters. The van der Waals surface area contributed by atoms with E-state index in [1.807, 2.05) is 6.19 Å². The molecule has 0 aromatic carbocycles. The fourth-order valence-corrected chi connectivity index (χ4v) is 1.29. The highest BCUT2D eigenvalue weighted by molar-refractivity contribution is 5.84. The SMILES string of the molecule is CN(C#N)N=C1CCCCC1. The molecule has 1 aliphatic carbocycles. The molecule has 0 atom stereocenters. The molecule has 0 N–H and O–H groups in total. The van der Waals surface area contributed by atoms with Crippen molar-refractivity contribution in [1.82, 2.24) is 5.01 Å². The van der Waals surface area contributed by atoms with E-state index in [9.17, 15) is 0 Å². The van der Waals surface area contributed by atoms with Gasteiger partial charge in [0.1, 0.15) is 0 Å². The van der Waals surface area contributed by atoms with E-state index in [4.69, 9.17) is 5.26 Å². The van der Waals surface area contributed by atoms with Gasteiger partial charge in [-0.3, -0.25) is 0 Å². The van der Waals surface area contributed by atoms with Crippen LogP contribution in [0.15, 0.2) is 5.10 Å². The van der Waals surface area contributed by atoms with Crippen LogP contribution < -0.4 is 0 Å². The van der Waals surface area contributed by atoms with Gasteiger partial charge in [0.2, 0.25) is 6.19 Å². The largest absolute Gasteiger partial charge is 0.203 e. The van der Waals surface area contributed by atoms with Crippen LogP contribution in [0.3, 0.4) is 0 Å². The fourth-order valence-electron chi connectivity index (χ4n) is 1.29. The summed E-state index contributed by atoms with van der Waals surface area (Å²) in [5.74, 6) is 0. The van der Waals surface area contributed by atoms with E-state index in [2.05, 4.69) is 5.10 Å². The number of nitrogens with zero attached hydrogens (tertiary/aromatic N) is 3. The quantitative estimate of drug-likeness (QED) is 0.325. The first-order chi connectivity index (χ1) is 5.33. The van der Waals surface area contributed by atoms with Crippen LogP contribution in [0, 0.1) is 11.5 Å². The summed E-state index contributed by atoms with van der Waals surface area (Å²) in [5.41, 5.74) is 1.18. The maximum Gasteiger partial charge on any atom is 0.201 e. The number of hydrogen-bond donors (Lipinski definition) is 0. The van der Waals surface area contributed by atoms with E-state index in [1.165, 1.54) is 30.0 Å². The lowest BCUT2D eigenvalue weighted by Gasteiger charge is -2.13. The van der Waals surface area contributed by atoms with Gasteiger partial charge in [0.25, 0.3) is 0 Å². The molecular weight excluding hydrogens is 138 g/mol. The Labute approximate surface area is 67.3 Å². The van der Waals surface area contributed by atoms with E-state index >= 15 is 0 Å². The molecule has 0 aromatic rings. The number of hydrogen-bond acceptors (Lipinski definition) is 3. The van der Waals surface area contributed by atoms with Crippen LogP contribution in [0.5, 0.6) is 0 Å². The van der Waals surface area contributed by atoms with Gasteiger partial charge in [-0.2, -0.15) is 10.4 Å². The zero-order valence-corrected chi connectivity index (χ0v) is 6.88. The Morgan fingerprint density at radius 2 is 2.00 bits per heavy atom. The molecule has 0 saturated heterocycles. The smallest absolute Gasteiger partial charge is 0.201 e. The van der Waals surface area contributed by atoms with Crippen LogP contribution in [0.2, 0.25) is 0 Å². The first-order valence-electron chi connectivity index (χ1n) is 4.03. The van der Waals surface area contributed by atoms with Gasteiger partial charge < -0.3 is 0 Å². The van der Waals surface area contributed by atoms with Gasteiger partial charge in [-0.1, -0.05) is 6.42 Å². The summed E-state index contributed by atoms with van der Waals surface area (Å²) in [6.07, 6.45) is 7.89. The Balaban J connectivity index is 2.45. The van der Waals surface area contributed by atoms with Crippen LogP contribution in [-0.2, 0) is 0 Å². The van der Waals surface area contributed by atoms with Gasteiger partial charge in [0.15, 0.2) is 0 Å². The van der Waals surface area contributed by atoms with Crippen molar-refractivity contribution in [3.05, 3.63) is 0 Å². The molecule has 0 aromatic heterocycles. The molecule has 3 nitrogen and oxygen atoms in total. The lowest BCUT2D eigenvalue weighted by Crippen LogP contribution is -2.11. The molecule has 1 fully saturated rings. The zero-order valence-electron chi connectivity index (χ0n) is 6.88. The summed E-state index contributed by atoms with van der Waals surface area (Å²) in [6, 6.07) is 0. The van der Waals surface area contributed by atoms with Gasteiger partial charge in [0.05, 0.1) is 0 Å². The third kappa shape index (κ3) is 2.58. The van der Waals surface area contributed by atoms with Crippen LogP contribution >= 0.6 is 0 Å². The Bertz CT molecular complexity index is 182. The molecule has 60 valence electrons. The highest BCUT2D eigenvalue weighted by atomic mass is 15.4. The lowest BCUT2D eigenvalue weighted by molar-refractivity contribution is 0.499. The minimum Gasteiger partial charge on any atom is -0.203 e. The number of nitriles is 1. The fraction of sp³-hybridized carbons (Fsp3) is 0.750. The molecule has 11 heavy (non-hydrogen) atoms. The van der Waals surface area contributed by atoms with Crippen molar-refractivity contribution < 1.29 is 0 Å². The zero-order chi connectivity index (χ0) is 8.10. The van der Waals surface area contributed by atoms with Gasteiger partial charge in [-0.25, -0.2) is 5.01 Å². The van der Waals surface area contributed by atoms with Gasteiger partial charge in [-0.05, 0) is 25.7 Å². The number of hydrazone groups is 1. The summed E-state index contributed by atoms with van der Waals surface area (Å²) in [4.78, 5) is 0. The Kier molecular flexibility index (Phi) is 2.91. The van der Waals surface area contributed by atoms with E-state index in [1.54, 1.807) is 7.05 Å². The van der Waals surface area contributed by atoms with E-state index in [0.717, 1.165) is 12.8 Å². The molecule has 1 rings (SSSR count). The summed E-state index contributed by atoms with van der Waals surface area (Å²) >= 11 is 0. The predicted molar refractivity (Wildman–Crippen MR) is 43.9 cm³/mol. The molecule has 1 saturated carbocycles. The average Bonchev–Trinajstić information content (AvgIpc) is 2.06. The Morgan fingerprint density at radius 3 is 2.55 bits per heavy atom. The van der Waals surface area contributed by atoms with E-state index in [-0.39, 0.29) is 0 Å². The first kappa shape index (κ1) is 8.06. The summed E-state index contributed by atoms with van der Waals surface area (Å²) in [7, 11) is 1.68. The molecular formula is C8H13N3. The van der Waals surface area contributed by atoms with Crippen molar-refractivity contribution in [1.29, 1.82) is 5.26 Å². The molecule has 0 heterocycles. The molecule has 0 amide bonds. The highest BCUT2D eigenvalue weighted by Crippen LogP contribution is 2.14. The molecule has 0 radical (unpaired) electrons. The van der Waals surface area contributed by atoms with Crippen molar-refractivity contribution in [2.45, 2.75) is 32.1 Å². The normalized spacial score (nSPS) is 17.3. The summed E-state index contributed by atoms with van der Waals surface area (Å²) in [6.45, 7) is 0. The van der Waals surface area contributed by atoms with Gasteiger partial charge >= 0.3 is 0 Å². The molecule has 0 spiro atoms. The van der Waals surface area contributed by atoms with Crippen molar-refractivity contribution in [3.8, 4) is 6.19 Å². The van der Waals surface area contributed by atoms with Crippen LogP contribution in [0.1, 0.15) is 32.1 Å². The van der Waals surface area contributed by atoms with Gasteiger partial charge in [0, 0.05) is 12.8 Å². The molecule has 0 bridgehead atoms. The Morgan fingerprint density at radius 1 is 1.36 bits per heavy atom. The lowest BCUT2D eigenvalue weighted by atomic mass is 9.99. The summed E-state index contributed by atoms with van der Waals surface area (Å²) < 4.78 is 0. The third-order valence-corrected chi connectivity index (χ3v) is 1.87. The van der Waals surface area contributed by atoms with Crippen molar-refractivity contribution in [2.24, 2.45) is 5.10 Å². The second-order valence-corrected chi connectivity index (χ2v) is 2.85. The standard InChI is InChI=1S/C8H13N3/c1-11(7-9)10-8-5-3-2-4-6-8/h2-6H2,1H3. The second kappa shape index (κ2) is 3.97. The average molecular weight is 151 g/mol. The molecule has 0 aliphatic heterocycles.